The van der Waals surface area contributed by atoms with E-state index in [0.717, 1.165) is 24.4 Å². The van der Waals surface area contributed by atoms with Crippen molar-refractivity contribution in [3.63, 3.8) is 0 Å². The van der Waals surface area contributed by atoms with Gasteiger partial charge in [0.05, 0.1) is 0 Å². The summed E-state index contributed by atoms with van der Waals surface area (Å²) < 4.78 is 0. The lowest BCUT2D eigenvalue weighted by molar-refractivity contribution is 0.409. The molecule has 0 heterocycles. The molecule has 0 aromatic heterocycles. The van der Waals surface area contributed by atoms with Gasteiger partial charge in [-0.3, -0.25) is 0 Å². The second kappa shape index (κ2) is 6.44. The third-order valence-electron chi connectivity index (χ3n) is 3.14. The summed E-state index contributed by atoms with van der Waals surface area (Å²) in [5.41, 5.74) is 0. The van der Waals surface area contributed by atoms with E-state index in [0.29, 0.717) is 0 Å². The Balaban J connectivity index is 2.06. The van der Waals surface area contributed by atoms with Gasteiger partial charge in [0.1, 0.15) is 0 Å². The molecule has 0 bridgehead atoms. The van der Waals surface area contributed by atoms with Gasteiger partial charge < -0.3 is 5.32 Å². The lowest BCUT2D eigenvalue weighted by atomic mass is 10.00. The fraction of sp³-hybridized carbons (Fsp3) is 1.00. The topological polar surface area (TPSA) is 12.0 Å². The van der Waals surface area contributed by atoms with Crippen LogP contribution in [0.1, 0.15) is 59.3 Å². The molecule has 0 aromatic rings. The Morgan fingerprint density at radius 2 is 1.93 bits per heavy atom. The zero-order valence-corrected chi connectivity index (χ0v) is 10.2. The van der Waals surface area contributed by atoms with Gasteiger partial charge in [-0.25, -0.2) is 0 Å². The van der Waals surface area contributed by atoms with Gasteiger partial charge in [-0.2, -0.15) is 0 Å². The summed E-state index contributed by atoms with van der Waals surface area (Å²) in [5, 5.41) is 3.63. The molecule has 0 aliphatic heterocycles. The Morgan fingerprint density at radius 1 is 1.21 bits per heavy atom. The molecule has 1 nitrogen and oxygen atoms in total. The third kappa shape index (κ3) is 5.64. The molecule has 1 aliphatic rings. The summed E-state index contributed by atoms with van der Waals surface area (Å²) in [6, 6.07) is 0.811. The minimum Gasteiger partial charge on any atom is -0.314 e. The van der Waals surface area contributed by atoms with E-state index in [1.807, 2.05) is 0 Å². The smallest absolute Gasteiger partial charge is 0.00695 e. The van der Waals surface area contributed by atoms with Crippen molar-refractivity contribution in [2.75, 3.05) is 6.54 Å². The minimum atomic E-state index is 0.811. The van der Waals surface area contributed by atoms with Crippen molar-refractivity contribution >= 4 is 0 Å². The fourth-order valence-electron chi connectivity index (χ4n) is 2.12. The first kappa shape index (κ1) is 12.0. The van der Waals surface area contributed by atoms with Gasteiger partial charge >= 0.3 is 0 Å². The predicted octanol–water partition coefficient (Wildman–Crippen LogP) is 3.59. The van der Waals surface area contributed by atoms with Crippen LogP contribution in [0.2, 0.25) is 0 Å². The first-order valence-corrected chi connectivity index (χ1v) is 6.45. The summed E-state index contributed by atoms with van der Waals surface area (Å²) in [4.78, 5) is 0. The highest BCUT2D eigenvalue weighted by Crippen LogP contribution is 2.34. The molecule has 0 saturated heterocycles. The van der Waals surface area contributed by atoms with Crippen LogP contribution in [0, 0.1) is 11.8 Å². The second-order valence-corrected chi connectivity index (χ2v) is 5.26. The van der Waals surface area contributed by atoms with Crippen LogP contribution in [0.15, 0.2) is 0 Å². The average molecular weight is 197 g/mol. The molecule has 1 rings (SSSR count). The summed E-state index contributed by atoms with van der Waals surface area (Å²) in [5.74, 6) is 1.94. The lowest BCUT2D eigenvalue weighted by Gasteiger charge is -2.17. The number of hydrogen-bond donors (Lipinski definition) is 1. The highest BCUT2D eigenvalue weighted by molar-refractivity contribution is 4.80. The van der Waals surface area contributed by atoms with E-state index in [1.165, 1.54) is 38.5 Å². The molecule has 1 N–H and O–H groups in total. The van der Waals surface area contributed by atoms with E-state index in [4.69, 9.17) is 0 Å². The largest absolute Gasteiger partial charge is 0.314 e. The van der Waals surface area contributed by atoms with Gasteiger partial charge in [0.2, 0.25) is 0 Å². The molecule has 1 heteroatoms. The molecule has 1 fully saturated rings. The average Bonchev–Trinajstić information content (AvgIpc) is 2.88. The van der Waals surface area contributed by atoms with Crippen LogP contribution in [0.3, 0.4) is 0 Å². The van der Waals surface area contributed by atoms with Crippen LogP contribution in [0.4, 0.5) is 0 Å². The summed E-state index contributed by atoms with van der Waals surface area (Å²) >= 11 is 0. The molecule has 84 valence electrons. The lowest BCUT2D eigenvalue weighted by Crippen LogP contribution is -2.29. The maximum atomic E-state index is 3.63. The van der Waals surface area contributed by atoms with Crippen molar-refractivity contribution in [2.24, 2.45) is 11.8 Å². The van der Waals surface area contributed by atoms with Crippen molar-refractivity contribution in [3.8, 4) is 0 Å². The zero-order chi connectivity index (χ0) is 10.4. The van der Waals surface area contributed by atoms with Gasteiger partial charge in [0.25, 0.3) is 0 Å². The van der Waals surface area contributed by atoms with E-state index in [2.05, 4.69) is 26.1 Å². The highest BCUT2D eigenvalue weighted by Gasteiger charge is 2.24. The fourth-order valence-corrected chi connectivity index (χ4v) is 2.12. The Hall–Kier alpha value is -0.0400. The van der Waals surface area contributed by atoms with Crippen molar-refractivity contribution in [1.82, 2.24) is 5.32 Å². The van der Waals surface area contributed by atoms with Gasteiger partial charge in [-0.05, 0) is 31.2 Å². The SMILES string of the molecule is CCNC(CCCC(C)C)CC1CC1. The van der Waals surface area contributed by atoms with Gasteiger partial charge in [-0.1, -0.05) is 46.5 Å². The van der Waals surface area contributed by atoms with Crippen LogP contribution < -0.4 is 5.32 Å². The molecule has 0 aromatic carbocycles. The van der Waals surface area contributed by atoms with Crippen molar-refractivity contribution in [1.29, 1.82) is 0 Å². The van der Waals surface area contributed by atoms with Crippen LogP contribution in [0.25, 0.3) is 0 Å². The Labute approximate surface area is 89.7 Å². The van der Waals surface area contributed by atoms with Crippen molar-refractivity contribution in [2.45, 2.75) is 65.3 Å². The molecule has 1 saturated carbocycles. The molecule has 1 unspecified atom stereocenters. The van der Waals surface area contributed by atoms with Crippen molar-refractivity contribution in [3.05, 3.63) is 0 Å². The summed E-state index contributed by atoms with van der Waals surface area (Å²) in [6.45, 7) is 8.01. The Morgan fingerprint density at radius 3 is 2.43 bits per heavy atom. The molecule has 0 spiro atoms. The van der Waals surface area contributed by atoms with E-state index < -0.39 is 0 Å². The van der Waals surface area contributed by atoms with Gasteiger partial charge in [0, 0.05) is 6.04 Å². The highest BCUT2D eigenvalue weighted by atomic mass is 14.9. The molecule has 0 radical (unpaired) electrons. The Bertz CT molecular complexity index is 138. The van der Waals surface area contributed by atoms with E-state index in [-0.39, 0.29) is 0 Å². The number of nitrogens with one attached hydrogen (secondary N) is 1. The molecular weight excluding hydrogens is 170 g/mol. The zero-order valence-electron chi connectivity index (χ0n) is 10.2. The molecule has 0 amide bonds. The molecule has 14 heavy (non-hydrogen) atoms. The normalized spacial score (nSPS) is 18.9. The van der Waals surface area contributed by atoms with Crippen LogP contribution in [0.5, 0.6) is 0 Å². The predicted molar refractivity (Wildman–Crippen MR) is 63.5 cm³/mol. The van der Waals surface area contributed by atoms with Crippen LogP contribution >= 0.6 is 0 Å². The molecular formula is C13H27N. The first-order chi connectivity index (χ1) is 6.72. The van der Waals surface area contributed by atoms with Gasteiger partial charge in [0.15, 0.2) is 0 Å². The van der Waals surface area contributed by atoms with E-state index >= 15 is 0 Å². The van der Waals surface area contributed by atoms with Crippen LogP contribution in [-0.2, 0) is 0 Å². The van der Waals surface area contributed by atoms with E-state index in [9.17, 15) is 0 Å². The molecule has 1 atom stereocenters. The van der Waals surface area contributed by atoms with Crippen molar-refractivity contribution < 1.29 is 0 Å². The Kier molecular flexibility index (Phi) is 5.54. The number of hydrogen-bond acceptors (Lipinski definition) is 1. The molecule has 1 aliphatic carbocycles. The maximum Gasteiger partial charge on any atom is 0.00695 e. The van der Waals surface area contributed by atoms with Gasteiger partial charge in [-0.15, -0.1) is 0 Å². The third-order valence-corrected chi connectivity index (χ3v) is 3.14. The van der Waals surface area contributed by atoms with E-state index in [1.54, 1.807) is 0 Å². The van der Waals surface area contributed by atoms with Crippen LogP contribution in [-0.4, -0.2) is 12.6 Å². The quantitative estimate of drug-likeness (QED) is 0.627. The standard InChI is InChI=1S/C13H27N/c1-4-14-13(10-12-8-9-12)7-5-6-11(2)3/h11-14H,4-10H2,1-3H3. The summed E-state index contributed by atoms with van der Waals surface area (Å²) in [6.07, 6.45) is 8.61. The number of rotatable bonds is 8. The first-order valence-electron chi connectivity index (χ1n) is 6.45. The monoisotopic (exact) mass is 197 g/mol. The summed E-state index contributed by atoms with van der Waals surface area (Å²) in [7, 11) is 0. The minimum absolute atomic E-state index is 0.811. The maximum absolute atomic E-state index is 3.63. The second-order valence-electron chi connectivity index (χ2n) is 5.26.